The van der Waals surface area contributed by atoms with Gasteiger partial charge in [0.15, 0.2) is 0 Å². The van der Waals surface area contributed by atoms with Crippen molar-refractivity contribution in [3.05, 3.63) is 86.6 Å². The molecule has 7 heteroatoms. The average molecular weight is 398 g/mol. The van der Waals surface area contributed by atoms with E-state index in [0.29, 0.717) is 21.2 Å². The average Bonchev–Trinajstić information content (AvgIpc) is 3.20. The normalized spacial score (nSPS) is 10.7. The summed E-state index contributed by atoms with van der Waals surface area (Å²) in [5, 5.41) is 9.24. The molecule has 1 aromatic heterocycles. The van der Waals surface area contributed by atoms with E-state index >= 15 is 0 Å². The Morgan fingerprint density at radius 1 is 1.04 bits per heavy atom. The topological polar surface area (TPSA) is 70.6 Å². The molecule has 2 amide bonds. The van der Waals surface area contributed by atoms with E-state index in [-0.39, 0.29) is 5.91 Å². The van der Waals surface area contributed by atoms with Crippen LogP contribution in [0.15, 0.2) is 65.1 Å². The highest BCUT2D eigenvalue weighted by Gasteiger charge is 2.16. The highest BCUT2D eigenvalue weighted by atomic mass is 35.5. The Labute approximate surface area is 165 Å². The lowest BCUT2D eigenvalue weighted by molar-refractivity contribution is 0.0956. The summed E-state index contributed by atoms with van der Waals surface area (Å²) in [6, 6.07) is 15.8. The summed E-state index contributed by atoms with van der Waals surface area (Å²) >= 11 is 7.18. The molecule has 0 saturated heterocycles. The van der Waals surface area contributed by atoms with Gasteiger partial charge in [-0.15, -0.1) is 11.3 Å². The Kier molecular flexibility index (Phi) is 6.01. The molecule has 2 N–H and O–H groups in total. The zero-order valence-electron chi connectivity index (χ0n) is 14.4. The zero-order chi connectivity index (χ0) is 19.2. The maximum absolute atomic E-state index is 12.5. The number of rotatable bonds is 5. The first-order chi connectivity index (χ1) is 13.0. The van der Waals surface area contributed by atoms with Crippen LogP contribution in [0.1, 0.15) is 31.2 Å². The smallest absolute Gasteiger partial charge is 0.273 e. The molecule has 0 aliphatic heterocycles. The number of benzene rings is 2. The number of thiophene rings is 1. The van der Waals surface area contributed by atoms with Gasteiger partial charge >= 0.3 is 0 Å². The number of aryl methyl sites for hydroxylation is 1. The lowest BCUT2D eigenvalue weighted by atomic mass is 10.1. The molecule has 5 nitrogen and oxygen atoms in total. The van der Waals surface area contributed by atoms with E-state index < -0.39 is 5.91 Å². The molecule has 0 spiro atoms. The third kappa shape index (κ3) is 4.81. The molecule has 0 unspecified atom stereocenters. The van der Waals surface area contributed by atoms with E-state index in [4.69, 9.17) is 11.6 Å². The largest absolute Gasteiger partial charge is 0.320 e. The predicted octanol–water partition coefficient (Wildman–Crippen LogP) is 4.73. The van der Waals surface area contributed by atoms with Crippen molar-refractivity contribution in [2.75, 3.05) is 5.32 Å². The lowest BCUT2D eigenvalue weighted by Crippen LogP contribution is -2.21. The minimum Gasteiger partial charge on any atom is -0.320 e. The quantitative estimate of drug-likeness (QED) is 0.482. The van der Waals surface area contributed by atoms with Gasteiger partial charge < -0.3 is 5.32 Å². The van der Waals surface area contributed by atoms with Crippen molar-refractivity contribution >= 4 is 46.7 Å². The number of para-hydroxylation sites is 1. The van der Waals surface area contributed by atoms with Gasteiger partial charge in [-0.25, -0.2) is 5.43 Å². The molecule has 27 heavy (non-hydrogen) atoms. The van der Waals surface area contributed by atoms with Crippen LogP contribution >= 0.6 is 22.9 Å². The van der Waals surface area contributed by atoms with E-state index in [2.05, 4.69) is 15.8 Å². The van der Waals surface area contributed by atoms with Crippen LogP contribution in [0.25, 0.3) is 0 Å². The second kappa shape index (κ2) is 8.62. The standard InChI is InChI=1S/C20H16ClN3O2S/c1-13-4-2-5-16(18(13)23-20(26)17-6-3-11-27-17)19(25)24-22-12-14-7-9-15(21)10-8-14/h2-12H,1H3,(H,23,26)(H,24,25)/b22-12+. The van der Waals surface area contributed by atoms with Crippen LogP contribution in [0.5, 0.6) is 0 Å². The minimum absolute atomic E-state index is 0.252. The van der Waals surface area contributed by atoms with Crippen LogP contribution in [-0.2, 0) is 0 Å². The van der Waals surface area contributed by atoms with E-state index in [9.17, 15) is 9.59 Å². The van der Waals surface area contributed by atoms with Crippen LogP contribution in [0, 0.1) is 6.92 Å². The van der Waals surface area contributed by atoms with Gasteiger partial charge in [0, 0.05) is 5.02 Å². The van der Waals surface area contributed by atoms with Crippen LogP contribution in [0.4, 0.5) is 5.69 Å². The molecule has 1 heterocycles. The third-order valence-corrected chi connectivity index (χ3v) is 4.87. The van der Waals surface area contributed by atoms with E-state index in [1.807, 2.05) is 18.4 Å². The lowest BCUT2D eigenvalue weighted by Gasteiger charge is -2.12. The summed E-state index contributed by atoms with van der Waals surface area (Å²) in [5.41, 5.74) is 4.88. The van der Waals surface area contributed by atoms with E-state index in [0.717, 1.165) is 11.1 Å². The Morgan fingerprint density at radius 2 is 1.81 bits per heavy atom. The van der Waals surface area contributed by atoms with Crippen molar-refractivity contribution in [1.29, 1.82) is 0 Å². The molecule has 0 aliphatic carbocycles. The van der Waals surface area contributed by atoms with Gasteiger partial charge in [-0.1, -0.05) is 41.9 Å². The summed E-state index contributed by atoms with van der Waals surface area (Å²) < 4.78 is 0. The molecule has 0 saturated carbocycles. The van der Waals surface area contributed by atoms with Gasteiger partial charge in [0.05, 0.1) is 22.3 Å². The van der Waals surface area contributed by atoms with Crippen LogP contribution in [0.2, 0.25) is 5.02 Å². The first-order valence-corrected chi connectivity index (χ1v) is 9.34. The summed E-state index contributed by atoms with van der Waals surface area (Å²) in [4.78, 5) is 25.5. The first-order valence-electron chi connectivity index (χ1n) is 8.08. The fraction of sp³-hybridized carbons (Fsp3) is 0.0500. The highest BCUT2D eigenvalue weighted by molar-refractivity contribution is 7.12. The maximum atomic E-state index is 12.5. The Morgan fingerprint density at radius 3 is 2.52 bits per heavy atom. The second-order valence-electron chi connectivity index (χ2n) is 5.68. The number of hydrogen-bond acceptors (Lipinski definition) is 4. The fourth-order valence-corrected chi connectivity index (χ4v) is 3.13. The van der Waals surface area contributed by atoms with Crippen molar-refractivity contribution in [2.24, 2.45) is 5.10 Å². The number of nitrogens with one attached hydrogen (secondary N) is 2. The van der Waals surface area contributed by atoms with Gasteiger partial charge in [0.25, 0.3) is 11.8 Å². The molecule has 3 aromatic rings. The monoisotopic (exact) mass is 397 g/mol. The van der Waals surface area contributed by atoms with Gasteiger partial charge in [0.2, 0.25) is 0 Å². The summed E-state index contributed by atoms with van der Waals surface area (Å²) in [6.07, 6.45) is 1.52. The van der Waals surface area contributed by atoms with Crippen LogP contribution in [-0.4, -0.2) is 18.0 Å². The van der Waals surface area contributed by atoms with Crippen LogP contribution < -0.4 is 10.7 Å². The molecule has 2 aromatic carbocycles. The van der Waals surface area contributed by atoms with Gasteiger partial charge in [0.1, 0.15) is 0 Å². The number of anilines is 1. The Hall–Kier alpha value is -2.96. The highest BCUT2D eigenvalue weighted by Crippen LogP contribution is 2.22. The minimum atomic E-state index is -0.412. The van der Waals surface area contributed by atoms with Gasteiger partial charge in [-0.05, 0) is 47.7 Å². The Balaban J connectivity index is 1.75. The molecule has 0 bridgehead atoms. The Bertz CT molecular complexity index is 983. The summed E-state index contributed by atoms with van der Waals surface area (Å²) in [6.45, 7) is 1.83. The second-order valence-corrected chi connectivity index (χ2v) is 7.06. The van der Waals surface area contributed by atoms with Gasteiger partial charge in [-0.3, -0.25) is 9.59 Å². The molecule has 0 radical (unpaired) electrons. The molecular formula is C20H16ClN3O2S. The maximum Gasteiger partial charge on any atom is 0.273 e. The number of nitrogens with zero attached hydrogens (tertiary/aromatic N) is 1. The third-order valence-electron chi connectivity index (χ3n) is 3.75. The molecule has 0 aliphatic rings. The number of carbonyl (C=O) groups is 2. The van der Waals surface area contributed by atoms with E-state index in [1.165, 1.54) is 17.6 Å². The number of hydrogen-bond donors (Lipinski definition) is 2. The first kappa shape index (κ1) is 18.8. The number of amides is 2. The van der Waals surface area contributed by atoms with Gasteiger partial charge in [-0.2, -0.15) is 5.10 Å². The predicted molar refractivity (Wildman–Crippen MR) is 110 cm³/mol. The van der Waals surface area contributed by atoms with Crippen molar-refractivity contribution in [3.8, 4) is 0 Å². The van der Waals surface area contributed by atoms with Crippen LogP contribution in [0.3, 0.4) is 0 Å². The number of halogens is 1. The summed E-state index contributed by atoms with van der Waals surface area (Å²) in [5.74, 6) is -0.664. The molecular weight excluding hydrogens is 382 g/mol. The van der Waals surface area contributed by atoms with Crippen molar-refractivity contribution in [3.63, 3.8) is 0 Å². The van der Waals surface area contributed by atoms with Crippen molar-refractivity contribution in [1.82, 2.24) is 5.43 Å². The number of hydrazone groups is 1. The SMILES string of the molecule is Cc1cccc(C(=O)N/N=C/c2ccc(Cl)cc2)c1NC(=O)c1cccs1. The molecule has 0 atom stereocenters. The summed E-state index contributed by atoms with van der Waals surface area (Å²) in [7, 11) is 0. The number of carbonyl (C=O) groups excluding carboxylic acids is 2. The van der Waals surface area contributed by atoms with Crippen molar-refractivity contribution in [2.45, 2.75) is 6.92 Å². The molecule has 136 valence electrons. The molecule has 3 rings (SSSR count). The zero-order valence-corrected chi connectivity index (χ0v) is 16.0. The van der Waals surface area contributed by atoms with Crippen molar-refractivity contribution < 1.29 is 9.59 Å². The molecule has 0 fully saturated rings. The fourth-order valence-electron chi connectivity index (χ4n) is 2.38. The van der Waals surface area contributed by atoms with E-state index in [1.54, 1.807) is 48.5 Å².